The second-order valence-electron chi connectivity index (χ2n) is 28.2. The second-order valence-corrected chi connectivity index (χ2v) is 28.2. The van der Waals surface area contributed by atoms with Crippen molar-refractivity contribution in [1.29, 1.82) is 0 Å². The largest absolute Gasteiger partial charge is 0.306 e. The minimum absolute atomic E-state index is 0.620. The van der Waals surface area contributed by atoms with Gasteiger partial charge in [-0.1, -0.05) is 255 Å². The molecule has 114 heavy (non-hydrogen) atoms. The van der Waals surface area contributed by atoms with Crippen LogP contribution in [-0.2, 0) is 0 Å². The Kier molecular flexibility index (Phi) is 15.5. The Bertz CT molecular complexity index is 6940. The third kappa shape index (κ3) is 10.8. The van der Waals surface area contributed by atoms with Crippen molar-refractivity contribution in [3.63, 3.8) is 0 Å². The molecule has 0 atom stereocenters. The summed E-state index contributed by atoms with van der Waals surface area (Å²) in [5.41, 5.74) is 20.0. The highest BCUT2D eigenvalue weighted by atomic mass is 15.2. The van der Waals surface area contributed by atoms with E-state index in [1.54, 1.807) is 0 Å². The molecule has 0 radical (unpaired) electrons. The lowest BCUT2D eigenvalue weighted by molar-refractivity contribution is 0.966. The minimum atomic E-state index is 0.620. The maximum absolute atomic E-state index is 4.92. The number of hydrogen-bond donors (Lipinski definition) is 0. The van der Waals surface area contributed by atoms with Crippen molar-refractivity contribution in [3.05, 3.63) is 383 Å². The molecule has 534 valence electrons. The van der Waals surface area contributed by atoms with Crippen molar-refractivity contribution in [3.8, 4) is 68.7 Å². The average Bonchev–Trinajstić information content (AvgIpc) is 1.51. The van der Waals surface area contributed by atoms with Crippen molar-refractivity contribution >= 4 is 131 Å². The smallest absolute Gasteiger partial charge is 0.234 e. The minimum Gasteiger partial charge on any atom is -0.306 e. The number of pyridine rings is 3. The summed E-state index contributed by atoms with van der Waals surface area (Å²) in [6.07, 6.45) is 17.1. The van der Waals surface area contributed by atoms with E-state index < -0.39 is 0 Å². The van der Waals surface area contributed by atoms with Crippen LogP contribution in [0.3, 0.4) is 0 Å². The van der Waals surface area contributed by atoms with E-state index in [0.717, 1.165) is 161 Å². The van der Waals surface area contributed by atoms with E-state index in [0.29, 0.717) is 5.95 Å². The lowest BCUT2D eigenvalue weighted by Crippen LogP contribution is -2.03. The Morgan fingerprint density at radius 1 is 0.149 bits per heavy atom. The van der Waals surface area contributed by atoms with Crippen molar-refractivity contribution in [2.75, 3.05) is 0 Å². The van der Waals surface area contributed by atoms with Crippen LogP contribution in [0, 0.1) is 0 Å². The average molecular weight is 1460 g/mol. The first-order chi connectivity index (χ1) is 56.6. The van der Waals surface area contributed by atoms with Crippen LogP contribution in [0.4, 0.5) is 0 Å². The normalized spacial score (nSPS) is 11.7. The van der Waals surface area contributed by atoms with Gasteiger partial charge in [-0.15, -0.1) is 0 Å². The van der Waals surface area contributed by atoms with Crippen molar-refractivity contribution < 1.29 is 0 Å². The van der Waals surface area contributed by atoms with Crippen LogP contribution in [0.15, 0.2) is 383 Å². The van der Waals surface area contributed by atoms with Gasteiger partial charge in [-0.05, 0) is 72.8 Å². The van der Waals surface area contributed by atoms with Gasteiger partial charge < -0.3 is 4.57 Å². The molecule has 0 aliphatic heterocycles. The van der Waals surface area contributed by atoms with Crippen LogP contribution in [0.25, 0.3) is 200 Å². The summed E-state index contributed by atoms with van der Waals surface area (Å²) in [6.45, 7) is 0. The highest BCUT2D eigenvalue weighted by molar-refractivity contribution is 6.14. The number of aromatic nitrogens is 15. The van der Waals surface area contributed by atoms with E-state index in [1.165, 1.54) is 32.3 Å². The summed E-state index contributed by atoms with van der Waals surface area (Å²) in [5, 5.41) is 14.1. The standard InChI is InChI=1S/3C33H21N5/c1-2-10-22(11-3-1)28-18-27-26-14-6-9-17-31(26)38(32(27)21-34-28)33-35-19-23(20-36-33)37-29-15-7-4-12-24(29)25-13-5-8-16-30(25)37;2*1-2-10-22(11-3-1)27-18-26-25-14-6-9-17-30(25)38(31(26)19-34-27)33-21-35-32(20-36-33)37-28-15-7-4-12-23(28)24-13-5-8-16-29(24)37/h3*1-21H. The SMILES string of the molecule is c1ccc(-c2cc3c4ccccc4n(-c4cnc(-n5c6ccccc6c6ccccc65)cn4)c3cn2)cc1.c1ccc(-c2cc3c4ccccc4n(-c4cnc(-n5c6ccccc6c6ccccc65)cn4)c3cn2)cc1.c1ccc(-c2cc3c4ccccc4n(-c4ncc(-n5c6ccccc6c6ccccc65)cn4)c3cn2)cc1. The van der Waals surface area contributed by atoms with Crippen LogP contribution in [0.5, 0.6) is 0 Å². The molecular weight excluding hydrogens is 1400 g/mol. The zero-order valence-electron chi connectivity index (χ0n) is 61.1. The first-order valence-electron chi connectivity index (χ1n) is 37.9. The molecule has 0 bridgehead atoms. The fourth-order valence-electron chi connectivity index (χ4n) is 16.8. The Morgan fingerprint density at radius 3 is 0.623 bits per heavy atom. The van der Waals surface area contributed by atoms with E-state index in [1.807, 2.05) is 110 Å². The topological polar surface area (TPSA) is 146 Å². The predicted molar refractivity (Wildman–Crippen MR) is 462 cm³/mol. The summed E-state index contributed by atoms with van der Waals surface area (Å²) in [7, 11) is 0. The molecule has 12 aromatic carbocycles. The molecule has 15 nitrogen and oxygen atoms in total. The first-order valence-corrected chi connectivity index (χ1v) is 37.9. The lowest BCUT2D eigenvalue weighted by Gasteiger charge is -2.10. The molecule has 12 heterocycles. The van der Waals surface area contributed by atoms with Gasteiger partial charge in [0.15, 0.2) is 23.3 Å². The van der Waals surface area contributed by atoms with Crippen molar-refractivity contribution in [2.24, 2.45) is 0 Å². The van der Waals surface area contributed by atoms with Gasteiger partial charge in [0.1, 0.15) is 0 Å². The van der Waals surface area contributed by atoms with E-state index in [-0.39, 0.29) is 0 Å². The Labute approximate surface area is 651 Å². The lowest BCUT2D eigenvalue weighted by atomic mass is 10.1. The molecule has 0 amide bonds. The van der Waals surface area contributed by atoms with Crippen LogP contribution >= 0.6 is 0 Å². The molecule has 0 N–H and O–H groups in total. The Hall–Kier alpha value is -15.9. The molecule has 15 heteroatoms. The molecule has 0 saturated carbocycles. The molecule has 0 fully saturated rings. The van der Waals surface area contributed by atoms with E-state index in [4.69, 9.17) is 44.9 Å². The molecule has 12 aromatic heterocycles. The van der Waals surface area contributed by atoms with E-state index >= 15 is 0 Å². The maximum atomic E-state index is 4.92. The number of para-hydroxylation sites is 9. The van der Waals surface area contributed by atoms with Gasteiger partial charge in [-0.25, -0.2) is 29.9 Å². The van der Waals surface area contributed by atoms with Crippen molar-refractivity contribution in [1.82, 2.24) is 72.3 Å². The monoisotopic (exact) mass is 1460 g/mol. The number of hydrogen-bond acceptors (Lipinski definition) is 9. The molecular formula is C99H63N15. The van der Waals surface area contributed by atoms with Crippen LogP contribution in [0.2, 0.25) is 0 Å². The van der Waals surface area contributed by atoms with Crippen LogP contribution in [-0.4, -0.2) is 72.3 Å². The van der Waals surface area contributed by atoms with Gasteiger partial charge in [0.25, 0.3) is 0 Å². The zero-order chi connectivity index (χ0) is 75.2. The van der Waals surface area contributed by atoms with Gasteiger partial charge in [0, 0.05) is 81.3 Å². The van der Waals surface area contributed by atoms with E-state index in [2.05, 4.69) is 300 Å². The summed E-state index contributed by atoms with van der Waals surface area (Å²) >= 11 is 0. The molecule has 0 saturated heterocycles. The summed E-state index contributed by atoms with van der Waals surface area (Å²) < 4.78 is 13.0. The summed E-state index contributed by atoms with van der Waals surface area (Å²) in [6, 6.07) is 113. The van der Waals surface area contributed by atoms with Crippen LogP contribution in [0.1, 0.15) is 0 Å². The van der Waals surface area contributed by atoms with Gasteiger partial charge in [0.05, 0.1) is 145 Å². The number of benzene rings is 12. The molecule has 24 aromatic rings. The van der Waals surface area contributed by atoms with Gasteiger partial charge in [-0.3, -0.25) is 37.8 Å². The molecule has 0 aliphatic rings. The quantitative estimate of drug-likeness (QED) is 0.138. The fourth-order valence-corrected chi connectivity index (χ4v) is 16.8. The fraction of sp³-hybridized carbons (Fsp3) is 0. The highest BCUT2D eigenvalue weighted by Crippen LogP contribution is 2.40. The first kappa shape index (κ1) is 65.2. The molecule has 0 aliphatic carbocycles. The number of fused-ring (bicyclic) bond motifs is 18. The Balaban J connectivity index is 0.000000104. The molecule has 24 rings (SSSR count). The molecule has 0 unspecified atom stereocenters. The third-order valence-corrected chi connectivity index (χ3v) is 21.9. The second kappa shape index (κ2) is 27.1. The third-order valence-electron chi connectivity index (χ3n) is 21.9. The Morgan fingerprint density at radius 2 is 0.360 bits per heavy atom. The number of rotatable bonds is 9. The van der Waals surface area contributed by atoms with Gasteiger partial charge in [0.2, 0.25) is 5.95 Å². The van der Waals surface area contributed by atoms with Gasteiger partial charge in [-0.2, -0.15) is 0 Å². The highest BCUT2D eigenvalue weighted by Gasteiger charge is 2.22. The summed E-state index contributed by atoms with van der Waals surface area (Å²) in [5.74, 6) is 3.72. The zero-order valence-corrected chi connectivity index (χ0v) is 61.1. The summed E-state index contributed by atoms with van der Waals surface area (Å²) in [4.78, 5) is 43.9. The molecule has 0 spiro atoms. The predicted octanol–water partition coefficient (Wildman–Crippen LogP) is 23.2. The maximum Gasteiger partial charge on any atom is 0.234 e. The van der Waals surface area contributed by atoms with Crippen LogP contribution < -0.4 is 0 Å². The number of nitrogens with zero attached hydrogens (tertiary/aromatic N) is 15. The van der Waals surface area contributed by atoms with Crippen molar-refractivity contribution in [2.45, 2.75) is 0 Å². The van der Waals surface area contributed by atoms with Gasteiger partial charge >= 0.3 is 0 Å². The van der Waals surface area contributed by atoms with E-state index in [9.17, 15) is 0 Å².